The largest absolute Gasteiger partial charge is 0.208 e. The van der Waals surface area contributed by atoms with Gasteiger partial charge in [0, 0.05) is 16.7 Å². The molecule has 0 spiro atoms. The SMILES string of the molecule is c1ccc(-c2nc(-c3ccc4ccccc4c3)nc(-c3ccccc3-c3cccc(-c4cc5ccc6cccc7c8cccc9ccc%10cccc(c(c4)c5c67)c%10c98)c3)n2)cc1. The molecule has 0 radical (unpaired) electrons. The van der Waals surface area contributed by atoms with Gasteiger partial charge in [0.2, 0.25) is 0 Å². The van der Waals surface area contributed by atoms with Crippen LogP contribution in [-0.4, -0.2) is 15.0 Å². The maximum atomic E-state index is 5.21. The Hall–Kier alpha value is -8.27. The number of fused-ring (bicyclic) bond motifs is 3. The van der Waals surface area contributed by atoms with Crippen LogP contribution in [0.4, 0.5) is 0 Å². The molecule has 62 heavy (non-hydrogen) atoms. The number of hydrogen-bond donors (Lipinski definition) is 0. The van der Waals surface area contributed by atoms with Gasteiger partial charge in [0.15, 0.2) is 17.5 Å². The maximum absolute atomic E-state index is 5.21. The van der Waals surface area contributed by atoms with Gasteiger partial charge in [-0.1, -0.05) is 188 Å². The molecule has 0 saturated carbocycles. The summed E-state index contributed by atoms with van der Waals surface area (Å²) in [7, 11) is 0. The molecule has 0 atom stereocenters. The molecule has 12 aromatic carbocycles. The zero-order valence-electron chi connectivity index (χ0n) is 33.5. The van der Waals surface area contributed by atoms with Crippen LogP contribution in [-0.2, 0) is 0 Å². The summed E-state index contributed by atoms with van der Waals surface area (Å²) in [6.07, 6.45) is 0. The molecule has 0 aliphatic carbocycles. The molecule has 3 nitrogen and oxygen atoms in total. The molecule has 0 aliphatic heterocycles. The van der Waals surface area contributed by atoms with Gasteiger partial charge in [-0.05, 0) is 122 Å². The first-order valence-corrected chi connectivity index (χ1v) is 21.2. The highest BCUT2D eigenvalue weighted by Crippen LogP contribution is 2.45. The Balaban J connectivity index is 1.02. The van der Waals surface area contributed by atoms with E-state index < -0.39 is 0 Å². The third kappa shape index (κ3) is 5.42. The lowest BCUT2D eigenvalue weighted by molar-refractivity contribution is 1.07. The van der Waals surface area contributed by atoms with Crippen LogP contribution in [0.15, 0.2) is 212 Å². The van der Waals surface area contributed by atoms with Crippen molar-refractivity contribution in [1.29, 1.82) is 0 Å². The van der Waals surface area contributed by atoms with Crippen LogP contribution >= 0.6 is 0 Å². The van der Waals surface area contributed by atoms with Crippen LogP contribution in [0.5, 0.6) is 0 Å². The van der Waals surface area contributed by atoms with Crippen molar-refractivity contribution in [3.63, 3.8) is 0 Å². The minimum Gasteiger partial charge on any atom is -0.208 e. The van der Waals surface area contributed by atoms with Gasteiger partial charge in [-0.2, -0.15) is 0 Å². The lowest BCUT2D eigenvalue weighted by atomic mass is 9.86. The van der Waals surface area contributed by atoms with E-state index in [4.69, 9.17) is 15.0 Å². The van der Waals surface area contributed by atoms with Gasteiger partial charge in [0.25, 0.3) is 0 Å². The van der Waals surface area contributed by atoms with Gasteiger partial charge >= 0.3 is 0 Å². The molecule has 13 aromatic rings. The number of aromatic nitrogens is 3. The molecule has 0 amide bonds. The van der Waals surface area contributed by atoms with E-state index >= 15 is 0 Å². The zero-order valence-corrected chi connectivity index (χ0v) is 33.5. The molecular weight excluding hydrogens is 751 g/mol. The molecule has 0 aliphatic rings. The molecule has 3 heteroatoms. The predicted octanol–water partition coefficient (Wildman–Crippen LogP) is 15.7. The average Bonchev–Trinajstić information content (AvgIpc) is 3.35. The molecule has 13 rings (SSSR count). The number of rotatable bonds is 5. The average molecular weight is 786 g/mol. The summed E-state index contributed by atoms with van der Waals surface area (Å²) in [6, 6.07) is 76.7. The van der Waals surface area contributed by atoms with Gasteiger partial charge in [-0.25, -0.2) is 15.0 Å². The second-order valence-corrected chi connectivity index (χ2v) is 16.3. The number of nitrogens with zero attached hydrogens (tertiary/aromatic N) is 3. The normalized spacial score (nSPS) is 11.9. The van der Waals surface area contributed by atoms with Crippen molar-refractivity contribution in [2.45, 2.75) is 0 Å². The quantitative estimate of drug-likeness (QED) is 0.163. The molecule has 0 saturated heterocycles. The van der Waals surface area contributed by atoms with Crippen molar-refractivity contribution in [3.05, 3.63) is 212 Å². The monoisotopic (exact) mass is 785 g/mol. The summed E-state index contributed by atoms with van der Waals surface area (Å²) in [6.45, 7) is 0. The Bertz CT molecular complexity index is 3920. The summed E-state index contributed by atoms with van der Waals surface area (Å²) in [5.41, 5.74) is 7.32. The molecule has 1 aromatic heterocycles. The summed E-state index contributed by atoms with van der Waals surface area (Å²) in [5, 5.41) is 17.7. The lowest BCUT2D eigenvalue weighted by Gasteiger charge is -2.17. The smallest absolute Gasteiger partial charge is 0.164 e. The Morgan fingerprint density at radius 2 is 0.677 bits per heavy atom. The Kier molecular flexibility index (Phi) is 7.60. The van der Waals surface area contributed by atoms with Gasteiger partial charge in [0.1, 0.15) is 0 Å². The standard InChI is InChI=1S/C59H35N3/c1-2-13-40(14-3-1)57-60-58(45-31-26-36-12-4-5-15-41(36)33-45)62-59(61-57)51-22-7-6-21-47(51)43-20-8-19-42(32-43)46-34-44-30-29-39-17-10-24-49-48-23-9-16-37-27-28-38-18-11-25-50(55(38)53(37)48)52(35-46)56(44)54(39)49/h1-35H. The predicted molar refractivity (Wildman–Crippen MR) is 261 cm³/mol. The number of benzene rings is 11. The third-order valence-corrected chi connectivity index (χ3v) is 12.8. The summed E-state index contributed by atoms with van der Waals surface area (Å²) in [4.78, 5) is 15.4. The number of hydrogen-bond acceptors (Lipinski definition) is 3. The first kappa shape index (κ1) is 34.6. The van der Waals surface area contributed by atoms with Crippen molar-refractivity contribution >= 4 is 75.4 Å². The fourth-order valence-corrected chi connectivity index (χ4v) is 9.92. The van der Waals surface area contributed by atoms with Crippen molar-refractivity contribution in [1.82, 2.24) is 15.0 Å². The molecule has 0 N–H and O–H groups in total. The van der Waals surface area contributed by atoms with Crippen LogP contribution in [0.3, 0.4) is 0 Å². The van der Waals surface area contributed by atoms with Gasteiger partial charge in [-0.15, -0.1) is 0 Å². The van der Waals surface area contributed by atoms with Crippen LogP contribution in [0.2, 0.25) is 0 Å². The van der Waals surface area contributed by atoms with E-state index in [2.05, 4.69) is 194 Å². The topological polar surface area (TPSA) is 38.7 Å². The van der Waals surface area contributed by atoms with Gasteiger partial charge in [-0.3, -0.25) is 0 Å². The minimum absolute atomic E-state index is 0.635. The van der Waals surface area contributed by atoms with Crippen LogP contribution in [0.25, 0.3) is 132 Å². The first-order chi connectivity index (χ1) is 30.7. The Morgan fingerprint density at radius 1 is 0.210 bits per heavy atom. The highest BCUT2D eigenvalue weighted by molar-refractivity contribution is 6.37. The summed E-state index contributed by atoms with van der Waals surface area (Å²) < 4.78 is 0. The minimum atomic E-state index is 0.635. The van der Waals surface area contributed by atoms with E-state index in [1.54, 1.807) is 0 Å². The fraction of sp³-hybridized carbons (Fsp3) is 0. The fourth-order valence-electron chi connectivity index (χ4n) is 9.92. The second-order valence-electron chi connectivity index (χ2n) is 16.3. The van der Waals surface area contributed by atoms with E-state index in [1.165, 1.54) is 75.6 Å². The second kappa shape index (κ2) is 13.6. The van der Waals surface area contributed by atoms with Crippen LogP contribution in [0, 0.1) is 0 Å². The summed E-state index contributed by atoms with van der Waals surface area (Å²) >= 11 is 0. The molecule has 286 valence electrons. The third-order valence-electron chi connectivity index (χ3n) is 12.8. The summed E-state index contributed by atoms with van der Waals surface area (Å²) in [5.74, 6) is 1.92. The van der Waals surface area contributed by atoms with Crippen molar-refractivity contribution in [2.75, 3.05) is 0 Å². The van der Waals surface area contributed by atoms with Gasteiger partial charge < -0.3 is 0 Å². The molecule has 0 bridgehead atoms. The van der Waals surface area contributed by atoms with Crippen molar-refractivity contribution < 1.29 is 0 Å². The lowest BCUT2D eigenvalue weighted by Crippen LogP contribution is -2.01. The van der Waals surface area contributed by atoms with E-state index in [0.717, 1.165) is 38.8 Å². The van der Waals surface area contributed by atoms with Crippen molar-refractivity contribution in [2.24, 2.45) is 0 Å². The first-order valence-electron chi connectivity index (χ1n) is 21.2. The van der Waals surface area contributed by atoms with E-state index in [9.17, 15) is 0 Å². The Morgan fingerprint density at radius 3 is 1.39 bits per heavy atom. The zero-order chi connectivity index (χ0) is 40.7. The molecule has 1 heterocycles. The van der Waals surface area contributed by atoms with Gasteiger partial charge in [0.05, 0.1) is 0 Å². The van der Waals surface area contributed by atoms with Crippen molar-refractivity contribution in [3.8, 4) is 56.4 Å². The maximum Gasteiger partial charge on any atom is 0.164 e. The van der Waals surface area contributed by atoms with E-state index in [0.29, 0.717) is 17.5 Å². The highest BCUT2D eigenvalue weighted by Gasteiger charge is 2.19. The molecule has 0 fully saturated rings. The molecule has 0 unspecified atom stereocenters. The highest BCUT2D eigenvalue weighted by atomic mass is 15.0. The van der Waals surface area contributed by atoms with Crippen LogP contribution in [0.1, 0.15) is 0 Å². The van der Waals surface area contributed by atoms with E-state index in [-0.39, 0.29) is 0 Å². The Labute approximate surface area is 357 Å². The molecular formula is C59H35N3. The van der Waals surface area contributed by atoms with E-state index in [1.807, 2.05) is 18.2 Å². The van der Waals surface area contributed by atoms with Crippen LogP contribution < -0.4 is 0 Å².